The second kappa shape index (κ2) is 8.65. The lowest BCUT2D eigenvalue weighted by atomic mass is 9.98. The Labute approximate surface area is 151 Å². The fourth-order valence-electron chi connectivity index (χ4n) is 2.69. The number of aryl methyl sites for hydroxylation is 1. The molecule has 0 bridgehead atoms. The van der Waals surface area contributed by atoms with E-state index in [2.05, 4.69) is 49.4 Å². The summed E-state index contributed by atoms with van der Waals surface area (Å²) in [4.78, 5) is 16.9. The highest BCUT2D eigenvalue weighted by molar-refractivity contribution is 6.04. The van der Waals surface area contributed by atoms with Crippen LogP contribution in [0.25, 0.3) is 0 Å². The number of carbonyl (C=O) groups excluding carboxylic acids is 1. The van der Waals surface area contributed by atoms with Crippen LogP contribution >= 0.6 is 0 Å². The van der Waals surface area contributed by atoms with Crippen LogP contribution < -0.4 is 10.6 Å². The predicted octanol–water partition coefficient (Wildman–Crippen LogP) is 5.22. The van der Waals surface area contributed by atoms with Gasteiger partial charge in [0.15, 0.2) is 0 Å². The van der Waals surface area contributed by atoms with Crippen molar-refractivity contribution in [2.24, 2.45) is 5.92 Å². The summed E-state index contributed by atoms with van der Waals surface area (Å²) in [7, 11) is 0. The van der Waals surface area contributed by atoms with Gasteiger partial charge in [0.05, 0.1) is 0 Å². The van der Waals surface area contributed by atoms with Gasteiger partial charge >= 0.3 is 0 Å². The van der Waals surface area contributed by atoms with Crippen molar-refractivity contribution in [1.29, 1.82) is 0 Å². The molecule has 0 aliphatic heterocycles. The van der Waals surface area contributed by atoms with Gasteiger partial charge in [-0.3, -0.25) is 9.78 Å². The standard InChI is InChI=1S/C21H29N3O/c1-14(2)9-11-22-17-10-12-23-19(13-17)21(25)24-20-16(5)7-6-8-18(20)15(3)4/h6-8,10,12-15H,9,11H2,1-5H3,(H,22,23)(H,24,25). The van der Waals surface area contributed by atoms with Crippen molar-refractivity contribution in [3.05, 3.63) is 53.3 Å². The molecule has 0 unspecified atom stereocenters. The first kappa shape index (κ1) is 19.0. The number of pyridine rings is 1. The minimum Gasteiger partial charge on any atom is -0.385 e. The van der Waals surface area contributed by atoms with Crippen LogP contribution in [0.1, 0.15) is 61.6 Å². The van der Waals surface area contributed by atoms with Gasteiger partial charge in [-0.25, -0.2) is 0 Å². The SMILES string of the molecule is Cc1cccc(C(C)C)c1NC(=O)c1cc(NCCC(C)C)ccn1. The molecule has 4 nitrogen and oxygen atoms in total. The van der Waals surface area contributed by atoms with E-state index in [4.69, 9.17) is 0 Å². The number of aromatic nitrogens is 1. The molecule has 0 atom stereocenters. The Morgan fingerprint density at radius 1 is 1.16 bits per heavy atom. The van der Waals surface area contributed by atoms with Crippen molar-refractivity contribution < 1.29 is 4.79 Å². The van der Waals surface area contributed by atoms with Gasteiger partial charge in [0.1, 0.15) is 5.69 Å². The monoisotopic (exact) mass is 339 g/mol. The molecule has 2 rings (SSSR count). The van der Waals surface area contributed by atoms with Gasteiger partial charge in [0, 0.05) is 24.1 Å². The van der Waals surface area contributed by atoms with Crippen molar-refractivity contribution in [3.8, 4) is 0 Å². The molecule has 0 saturated heterocycles. The van der Waals surface area contributed by atoms with Crippen LogP contribution in [0.3, 0.4) is 0 Å². The molecule has 0 spiro atoms. The van der Waals surface area contributed by atoms with E-state index in [0.717, 1.165) is 35.5 Å². The fourth-order valence-corrected chi connectivity index (χ4v) is 2.69. The predicted molar refractivity (Wildman–Crippen MR) is 105 cm³/mol. The van der Waals surface area contributed by atoms with Gasteiger partial charge in [-0.1, -0.05) is 45.9 Å². The molecule has 2 N–H and O–H groups in total. The van der Waals surface area contributed by atoms with E-state index < -0.39 is 0 Å². The number of hydrogen-bond acceptors (Lipinski definition) is 3. The molecule has 1 heterocycles. The van der Waals surface area contributed by atoms with Crippen molar-refractivity contribution in [3.63, 3.8) is 0 Å². The van der Waals surface area contributed by atoms with Crippen LogP contribution in [0.5, 0.6) is 0 Å². The maximum absolute atomic E-state index is 12.7. The van der Waals surface area contributed by atoms with Crippen molar-refractivity contribution in [2.45, 2.75) is 47.0 Å². The van der Waals surface area contributed by atoms with Crippen molar-refractivity contribution in [2.75, 3.05) is 17.2 Å². The van der Waals surface area contributed by atoms with Crippen LogP contribution in [-0.4, -0.2) is 17.4 Å². The van der Waals surface area contributed by atoms with Crippen LogP contribution in [0.15, 0.2) is 36.5 Å². The van der Waals surface area contributed by atoms with Gasteiger partial charge in [0.25, 0.3) is 5.91 Å². The Bertz CT molecular complexity index is 723. The number of rotatable bonds is 7. The maximum atomic E-state index is 12.7. The minimum atomic E-state index is -0.177. The zero-order valence-corrected chi connectivity index (χ0v) is 15.9. The number of hydrogen-bond donors (Lipinski definition) is 2. The average molecular weight is 339 g/mol. The third kappa shape index (κ3) is 5.31. The zero-order chi connectivity index (χ0) is 18.4. The highest BCUT2D eigenvalue weighted by Gasteiger charge is 2.14. The molecule has 0 aliphatic carbocycles. The molecule has 0 saturated carbocycles. The lowest BCUT2D eigenvalue weighted by Crippen LogP contribution is -2.16. The van der Waals surface area contributed by atoms with Crippen LogP contribution in [0.2, 0.25) is 0 Å². The van der Waals surface area contributed by atoms with Crippen molar-refractivity contribution in [1.82, 2.24) is 4.98 Å². The molecule has 0 aliphatic rings. The van der Waals surface area contributed by atoms with Crippen LogP contribution in [0, 0.1) is 12.8 Å². The number of nitrogens with zero attached hydrogens (tertiary/aromatic N) is 1. The third-order valence-corrected chi connectivity index (χ3v) is 4.21. The van der Waals surface area contributed by atoms with Gasteiger partial charge in [-0.05, 0) is 48.4 Å². The van der Waals surface area contributed by atoms with E-state index in [1.165, 1.54) is 0 Å². The first-order valence-electron chi connectivity index (χ1n) is 8.99. The van der Waals surface area contributed by atoms with Gasteiger partial charge < -0.3 is 10.6 Å². The molecule has 1 amide bonds. The summed E-state index contributed by atoms with van der Waals surface area (Å²) in [5.41, 5.74) is 4.44. The van der Waals surface area contributed by atoms with E-state index in [9.17, 15) is 4.79 Å². The molecule has 1 aromatic carbocycles. The largest absolute Gasteiger partial charge is 0.385 e. The number of carbonyl (C=O) groups is 1. The zero-order valence-electron chi connectivity index (χ0n) is 15.9. The summed E-state index contributed by atoms with van der Waals surface area (Å²) in [6, 6.07) is 9.80. The molecule has 25 heavy (non-hydrogen) atoms. The third-order valence-electron chi connectivity index (χ3n) is 4.21. The van der Waals surface area contributed by atoms with E-state index in [-0.39, 0.29) is 5.91 Å². The first-order valence-corrected chi connectivity index (χ1v) is 8.99. The number of amides is 1. The number of benzene rings is 1. The second-order valence-corrected chi connectivity index (χ2v) is 7.19. The summed E-state index contributed by atoms with van der Waals surface area (Å²) < 4.78 is 0. The molecule has 134 valence electrons. The quantitative estimate of drug-likeness (QED) is 0.727. The number of para-hydroxylation sites is 1. The molecular weight excluding hydrogens is 310 g/mol. The molecule has 4 heteroatoms. The smallest absolute Gasteiger partial charge is 0.274 e. The highest BCUT2D eigenvalue weighted by atomic mass is 16.1. The topological polar surface area (TPSA) is 54.0 Å². The highest BCUT2D eigenvalue weighted by Crippen LogP contribution is 2.27. The van der Waals surface area contributed by atoms with Gasteiger partial charge in [0.2, 0.25) is 0 Å². The van der Waals surface area contributed by atoms with E-state index in [1.807, 2.05) is 31.2 Å². The average Bonchev–Trinajstić information content (AvgIpc) is 2.56. The normalized spacial score (nSPS) is 11.0. The lowest BCUT2D eigenvalue weighted by Gasteiger charge is -2.16. The van der Waals surface area contributed by atoms with Crippen LogP contribution in [0.4, 0.5) is 11.4 Å². The Morgan fingerprint density at radius 2 is 1.92 bits per heavy atom. The second-order valence-electron chi connectivity index (χ2n) is 7.19. The number of anilines is 2. The van der Waals surface area contributed by atoms with Crippen LogP contribution in [-0.2, 0) is 0 Å². The van der Waals surface area contributed by atoms with Crippen molar-refractivity contribution >= 4 is 17.3 Å². The molecule has 1 aromatic heterocycles. The Balaban J connectivity index is 2.14. The summed E-state index contributed by atoms with van der Waals surface area (Å²) in [5.74, 6) is 0.809. The molecule has 2 aromatic rings. The Hall–Kier alpha value is -2.36. The van der Waals surface area contributed by atoms with Gasteiger partial charge in [-0.15, -0.1) is 0 Å². The molecular formula is C21H29N3O. The summed E-state index contributed by atoms with van der Waals surface area (Å²) >= 11 is 0. The fraction of sp³-hybridized carbons (Fsp3) is 0.429. The number of nitrogens with one attached hydrogen (secondary N) is 2. The van der Waals surface area contributed by atoms with E-state index in [0.29, 0.717) is 17.5 Å². The summed E-state index contributed by atoms with van der Waals surface area (Å²) in [6.45, 7) is 11.5. The first-order chi connectivity index (χ1) is 11.9. The molecule has 0 radical (unpaired) electrons. The maximum Gasteiger partial charge on any atom is 0.274 e. The van der Waals surface area contributed by atoms with Gasteiger partial charge in [-0.2, -0.15) is 0 Å². The Kier molecular flexibility index (Phi) is 6.57. The Morgan fingerprint density at radius 3 is 2.60 bits per heavy atom. The minimum absolute atomic E-state index is 0.177. The summed E-state index contributed by atoms with van der Waals surface area (Å²) in [5, 5.41) is 6.40. The van der Waals surface area contributed by atoms with E-state index in [1.54, 1.807) is 6.20 Å². The van der Waals surface area contributed by atoms with E-state index >= 15 is 0 Å². The summed E-state index contributed by atoms with van der Waals surface area (Å²) in [6.07, 6.45) is 2.76. The molecule has 0 fully saturated rings. The lowest BCUT2D eigenvalue weighted by molar-refractivity contribution is 0.102.